The maximum Gasteiger partial charge on any atom is 0.325 e. The van der Waals surface area contributed by atoms with E-state index in [1.165, 1.54) is 0 Å². The molecule has 1 aromatic carbocycles. The monoisotopic (exact) mass is 359 g/mol. The van der Waals surface area contributed by atoms with Crippen molar-refractivity contribution < 1.29 is 19.1 Å². The van der Waals surface area contributed by atoms with Crippen molar-refractivity contribution in [2.45, 2.75) is 44.7 Å². The normalized spacial score (nSPS) is 25.3. The minimum absolute atomic E-state index is 0.0781. The molecule has 0 aromatic heterocycles. The summed E-state index contributed by atoms with van der Waals surface area (Å²) in [7, 11) is 1.57. The lowest BCUT2D eigenvalue weighted by molar-refractivity contribution is -0.137. The van der Waals surface area contributed by atoms with Crippen LogP contribution in [0.2, 0.25) is 0 Å². The zero-order valence-electron chi connectivity index (χ0n) is 15.2. The highest BCUT2D eigenvalue weighted by Crippen LogP contribution is 2.38. The Hall–Kier alpha value is -2.57. The van der Waals surface area contributed by atoms with Crippen LogP contribution in [0, 0.1) is 5.92 Å². The fourth-order valence-corrected chi connectivity index (χ4v) is 3.88. The third kappa shape index (κ3) is 3.25. The van der Waals surface area contributed by atoms with Gasteiger partial charge in [0.25, 0.3) is 5.91 Å². The Kier molecular flexibility index (Phi) is 5.15. The molecule has 1 aliphatic carbocycles. The molecule has 7 nitrogen and oxygen atoms in total. The van der Waals surface area contributed by atoms with E-state index in [-0.39, 0.29) is 30.8 Å². The smallest absolute Gasteiger partial charge is 0.325 e. The summed E-state index contributed by atoms with van der Waals surface area (Å²) in [4.78, 5) is 38.5. The van der Waals surface area contributed by atoms with Gasteiger partial charge in [0.1, 0.15) is 17.8 Å². The Morgan fingerprint density at radius 1 is 1.35 bits per heavy atom. The van der Waals surface area contributed by atoms with Gasteiger partial charge >= 0.3 is 6.03 Å². The van der Waals surface area contributed by atoms with Crippen LogP contribution in [0.3, 0.4) is 0 Å². The first-order valence-electron chi connectivity index (χ1n) is 9.00. The van der Waals surface area contributed by atoms with Crippen LogP contribution in [0.15, 0.2) is 24.3 Å². The predicted molar refractivity (Wildman–Crippen MR) is 95.4 cm³/mol. The van der Waals surface area contributed by atoms with E-state index in [0.29, 0.717) is 12.2 Å². The van der Waals surface area contributed by atoms with Crippen molar-refractivity contribution >= 4 is 17.8 Å². The number of amides is 4. The second-order valence-corrected chi connectivity index (χ2v) is 7.03. The molecule has 140 valence electrons. The summed E-state index contributed by atoms with van der Waals surface area (Å²) in [5.41, 5.74) is -0.00365. The molecular weight excluding hydrogens is 334 g/mol. The fraction of sp³-hybridized carbons (Fsp3) is 0.526. The maximum atomic E-state index is 12.9. The molecule has 1 heterocycles. The third-order valence-corrected chi connectivity index (χ3v) is 5.47. The van der Waals surface area contributed by atoms with Crippen molar-refractivity contribution in [3.05, 3.63) is 29.8 Å². The fourth-order valence-electron chi connectivity index (χ4n) is 3.88. The molecule has 0 bridgehead atoms. The van der Waals surface area contributed by atoms with E-state index < -0.39 is 11.6 Å². The number of carbonyl (C=O) groups excluding carboxylic acids is 3. The van der Waals surface area contributed by atoms with Crippen LogP contribution in [-0.4, -0.2) is 41.9 Å². The quantitative estimate of drug-likeness (QED) is 0.785. The SMILES string of the molecule is COc1ccccc1CNC(=O)CN1C(=O)N[C@@]2(CCCC[C@@H]2C)C1=O. The van der Waals surface area contributed by atoms with Gasteiger partial charge in [-0.15, -0.1) is 0 Å². The van der Waals surface area contributed by atoms with Gasteiger partial charge in [-0.1, -0.05) is 38.0 Å². The van der Waals surface area contributed by atoms with Crippen LogP contribution in [-0.2, 0) is 16.1 Å². The molecule has 1 saturated heterocycles. The van der Waals surface area contributed by atoms with Gasteiger partial charge in [-0.2, -0.15) is 0 Å². The van der Waals surface area contributed by atoms with E-state index in [2.05, 4.69) is 10.6 Å². The van der Waals surface area contributed by atoms with Gasteiger partial charge in [0.2, 0.25) is 5.91 Å². The molecule has 1 saturated carbocycles. The van der Waals surface area contributed by atoms with E-state index in [9.17, 15) is 14.4 Å². The number of rotatable bonds is 5. The molecule has 1 spiro atoms. The number of benzene rings is 1. The average molecular weight is 359 g/mol. The maximum absolute atomic E-state index is 12.9. The summed E-state index contributed by atoms with van der Waals surface area (Å²) in [5.74, 6) is 0.106. The number of carbonyl (C=O) groups is 3. The minimum Gasteiger partial charge on any atom is -0.496 e. The largest absolute Gasteiger partial charge is 0.496 e. The number of urea groups is 1. The first-order valence-corrected chi connectivity index (χ1v) is 9.00. The summed E-state index contributed by atoms with van der Waals surface area (Å²) >= 11 is 0. The van der Waals surface area contributed by atoms with Crippen molar-refractivity contribution in [1.82, 2.24) is 15.5 Å². The molecule has 4 amide bonds. The van der Waals surface area contributed by atoms with Crippen molar-refractivity contribution in [2.24, 2.45) is 5.92 Å². The molecule has 2 fully saturated rings. The second-order valence-electron chi connectivity index (χ2n) is 7.03. The summed E-state index contributed by atoms with van der Waals surface area (Å²) < 4.78 is 5.25. The summed E-state index contributed by atoms with van der Waals surface area (Å²) in [6.45, 7) is 1.99. The third-order valence-electron chi connectivity index (χ3n) is 5.47. The lowest BCUT2D eigenvalue weighted by Crippen LogP contribution is -2.54. The molecule has 26 heavy (non-hydrogen) atoms. The number of nitrogens with one attached hydrogen (secondary N) is 2. The van der Waals surface area contributed by atoms with Crippen LogP contribution in [0.5, 0.6) is 5.75 Å². The zero-order valence-corrected chi connectivity index (χ0v) is 15.2. The minimum atomic E-state index is -0.835. The summed E-state index contributed by atoms with van der Waals surface area (Å²) in [6, 6.07) is 6.90. The molecule has 1 aliphatic heterocycles. The van der Waals surface area contributed by atoms with Gasteiger partial charge in [0.05, 0.1) is 7.11 Å². The molecule has 1 aromatic rings. The van der Waals surface area contributed by atoms with E-state index in [1.54, 1.807) is 7.11 Å². The van der Waals surface area contributed by atoms with Gasteiger partial charge in [0, 0.05) is 12.1 Å². The number of hydrogen-bond acceptors (Lipinski definition) is 4. The van der Waals surface area contributed by atoms with Gasteiger partial charge in [0.15, 0.2) is 0 Å². The van der Waals surface area contributed by atoms with Crippen LogP contribution < -0.4 is 15.4 Å². The summed E-state index contributed by atoms with van der Waals surface area (Å²) in [5, 5.41) is 5.61. The van der Waals surface area contributed by atoms with Crippen LogP contribution in [0.25, 0.3) is 0 Å². The number of para-hydroxylation sites is 1. The van der Waals surface area contributed by atoms with Crippen molar-refractivity contribution in [2.75, 3.05) is 13.7 Å². The molecule has 7 heteroatoms. The number of methoxy groups -OCH3 is 1. The second kappa shape index (κ2) is 7.35. The predicted octanol–water partition coefficient (Wildman–Crippen LogP) is 1.81. The Balaban J connectivity index is 1.62. The zero-order chi connectivity index (χ0) is 18.7. The number of ether oxygens (including phenoxy) is 1. The molecule has 2 atom stereocenters. The number of hydrogen-bond donors (Lipinski definition) is 2. The Morgan fingerprint density at radius 3 is 2.85 bits per heavy atom. The van der Waals surface area contributed by atoms with Crippen LogP contribution in [0.4, 0.5) is 4.79 Å². The molecule has 3 rings (SSSR count). The first kappa shape index (κ1) is 18.2. The molecule has 0 radical (unpaired) electrons. The Morgan fingerprint density at radius 2 is 2.12 bits per heavy atom. The molecular formula is C19H25N3O4. The first-order chi connectivity index (χ1) is 12.5. The lowest BCUT2D eigenvalue weighted by atomic mass is 9.73. The Labute approximate surface area is 153 Å². The topological polar surface area (TPSA) is 87.7 Å². The molecule has 0 unspecified atom stereocenters. The Bertz CT molecular complexity index is 720. The van der Waals surface area contributed by atoms with Crippen LogP contribution in [0.1, 0.15) is 38.2 Å². The highest BCUT2D eigenvalue weighted by molar-refractivity contribution is 6.09. The van der Waals surface area contributed by atoms with Gasteiger partial charge < -0.3 is 15.4 Å². The van der Waals surface area contributed by atoms with Crippen molar-refractivity contribution in [1.29, 1.82) is 0 Å². The molecule has 2 N–H and O–H groups in total. The lowest BCUT2D eigenvalue weighted by Gasteiger charge is -2.36. The van der Waals surface area contributed by atoms with E-state index in [4.69, 9.17) is 4.74 Å². The van der Waals surface area contributed by atoms with E-state index >= 15 is 0 Å². The number of nitrogens with zero attached hydrogens (tertiary/aromatic N) is 1. The standard InChI is InChI=1S/C19H25N3O4/c1-13-7-5-6-10-19(13)17(24)22(18(25)21-19)12-16(23)20-11-14-8-3-4-9-15(14)26-2/h3-4,8-9,13H,5-7,10-12H2,1-2H3,(H,20,23)(H,21,25)/t13-,19+/m0/s1. The highest BCUT2D eigenvalue weighted by atomic mass is 16.5. The highest BCUT2D eigenvalue weighted by Gasteiger charge is 2.55. The van der Waals surface area contributed by atoms with Crippen LogP contribution >= 0.6 is 0 Å². The van der Waals surface area contributed by atoms with E-state index in [1.807, 2.05) is 31.2 Å². The van der Waals surface area contributed by atoms with Crippen molar-refractivity contribution in [3.63, 3.8) is 0 Å². The van der Waals surface area contributed by atoms with Gasteiger partial charge in [-0.3, -0.25) is 14.5 Å². The summed E-state index contributed by atoms with van der Waals surface area (Å²) in [6.07, 6.45) is 3.51. The average Bonchev–Trinajstić information content (AvgIpc) is 2.87. The van der Waals surface area contributed by atoms with Gasteiger partial charge in [-0.05, 0) is 24.8 Å². The van der Waals surface area contributed by atoms with Crippen molar-refractivity contribution in [3.8, 4) is 5.75 Å². The van der Waals surface area contributed by atoms with E-state index in [0.717, 1.165) is 29.7 Å². The number of imide groups is 1. The molecule has 2 aliphatic rings. The van der Waals surface area contributed by atoms with Gasteiger partial charge in [-0.25, -0.2) is 4.79 Å².